The Labute approximate surface area is 144 Å². The van der Waals surface area contributed by atoms with Gasteiger partial charge < -0.3 is 30.2 Å². The number of likely N-dealkylation sites (tertiary alicyclic amines) is 1. The van der Waals surface area contributed by atoms with Crippen molar-refractivity contribution in [3.63, 3.8) is 0 Å². The Balaban J connectivity index is 2.16. The molecule has 1 heterocycles. The zero-order chi connectivity index (χ0) is 18.0. The van der Waals surface area contributed by atoms with Crippen LogP contribution in [-0.4, -0.2) is 74.6 Å². The van der Waals surface area contributed by atoms with Crippen molar-refractivity contribution < 1.29 is 23.8 Å². The topological polar surface area (TPSA) is 103 Å². The van der Waals surface area contributed by atoms with Crippen molar-refractivity contribution >= 4 is 12.0 Å². The van der Waals surface area contributed by atoms with E-state index in [1.165, 1.54) is 0 Å². The monoisotopic (exact) mass is 345 g/mol. The number of hydrogen-bond donors (Lipinski definition) is 2. The van der Waals surface area contributed by atoms with E-state index in [4.69, 9.17) is 19.9 Å². The van der Waals surface area contributed by atoms with E-state index in [0.29, 0.717) is 52.3 Å². The molecule has 2 amide bonds. The normalized spacial score (nSPS) is 16.1. The standard InChI is InChI=1S/C16H31N3O5/c1-16(2,3)24-15(21)18-13-4-7-19(8-5-13)14(20)12-23-11-10-22-9-6-17/h13H,4-12,17H2,1-3H3,(H,18,21). The maximum Gasteiger partial charge on any atom is 0.407 e. The summed E-state index contributed by atoms with van der Waals surface area (Å²) in [5.74, 6) is -0.0375. The fourth-order valence-electron chi connectivity index (χ4n) is 2.30. The highest BCUT2D eigenvalue weighted by Gasteiger charge is 2.25. The SMILES string of the molecule is CC(C)(C)OC(=O)NC1CCN(C(=O)COCCOCCN)CC1. The summed E-state index contributed by atoms with van der Waals surface area (Å²) >= 11 is 0. The van der Waals surface area contributed by atoms with Crippen molar-refractivity contribution in [1.29, 1.82) is 0 Å². The molecule has 0 spiro atoms. The van der Waals surface area contributed by atoms with E-state index in [9.17, 15) is 9.59 Å². The number of rotatable bonds is 8. The van der Waals surface area contributed by atoms with Crippen molar-refractivity contribution in [3.05, 3.63) is 0 Å². The first kappa shape index (κ1) is 20.7. The van der Waals surface area contributed by atoms with E-state index in [0.717, 1.165) is 0 Å². The molecule has 0 aromatic heterocycles. The van der Waals surface area contributed by atoms with Crippen LogP contribution in [0.5, 0.6) is 0 Å². The van der Waals surface area contributed by atoms with Gasteiger partial charge in [-0.2, -0.15) is 0 Å². The molecule has 1 fully saturated rings. The summed E-state index contributed by atoms with van der Waals surface area (Å²) in [6, 6.07) is 0.0366. The van der Waals surface area contributed by atoms with Crippen LogP contribution in [-0.2, 0) is 19.0 Å². The lowest BCUT2D eigenvalue weighted by Crippen LogP contribution is -2.48. The number of hydrogen-bond acceptors (Lipinski definition) is 6. The van der Waals surface area contributed by atoms with Crippen LogP contribution < -0.4 is 11.1 Å². The molecule has 1 aliphatic heterocycles. The number of nitrogens with one attached hydrogen (secondary N) is 1. The number of carbonyl (C=O) groups excluding carboxylic acids is 2. The lowest BCUT2D eigenvalue weighted by Gasteiger charge is -2.32. The van der Waals surface area contributed by atoms with Gasteiger partial charge in [0.2, 0.25) is 5.91 Å². The fraction of sp³-hybridized carbons (Fsp3) is 0.875. The molecule has 0 radical (unpaired) electrons. The zero-order valence-electron chi connectivity index (χ0n) is 15.0. The highest BCUT2D eigenvalue weighted by Crippen LogP contribution is 2.12. The van der Waals surface area contributed by atoms with Gasteiger partial charge in [0.15, 0.2) is 0 Å². The van der Waals surface area contributed by atoms with E-state index in [2.05, 4.69) is 5.32 Å². The molecule has 8 heteroatoms. The van der Waals surface area contributed by atoms with Gasteiger partial charge in [0, 0.05) is 25.7 Å². The van der Waals surface area contributed by atoms with Gasteiger partial charge in [-0.3, -0.25) is 4.79 Å². The van der Waals surface area contributed by atoms with Gasteiger partial charge in [0.1, 0.15) is 12.2 Å². The van der Waals surface area contributed by atoms with Crippen LogP contribution >= 0.6 is 0 Å². The second kappa shape index (κ2) is 10.5. The molecule has 0 atom stereocenters. The largest absolute Gasteiger partial charge is 0.444 e. The number of amides is 2. The molecule has 1 saturated heterocycles. The number of carbonyl (C=O) groups is 2. The van der Waals surface area contributed by atoms with Crippen molar-refractivity contribution in [3.8, 4) is 0 Å². The second-order valence-electron chi connectivity index (χ2n) is 6.75. The first-order valence-electron chi connectivity index (χ1n) is 8.44. The van der Waals surface area contributed by atoms with Gasteiger partial charge in [0.05, 0.1) is 19.8 Å². The Kier molecular flexibility index (Phi) is 9.02. The van der Waals surface area contributed by atoms with Crippen LogP contribution in [0.15, 0.2) is 0 Å². The summed E-state index contributed by atoms with van der Waals surface area (Å²) in [6.07, 6.45) is 1.02. The number of ether oxygens (including phenoxy) is 3. The first-order valence-corrected chi connectivity index (χ1v) is 8.44. The molecule has 3 N–H and O–H groups in total. The van der Waals surface area contributed by atoms with Crippen molar-refractivity contribution in [2.75, 3.05) is 46.1 Å². The average molecular weight is 345 g/mol. The lowest BCUT2D eigenvalue weighted by atomic mass is 10.1. The van der Waals surface area contributed by atoms with E-state index in [1.54, 1.807) is 4.90 Å². The molecule has 0 aliphatic carbocycles. The second-order valence-corrected chi connectivity index (χ2v) is 6.75. The summed E-state index contributed by atoms with van der Waals surface area (Å²) in [6.45, 7) is 8.53. The first-order chi connectivity index (χ1) is 11.3. The highest BCUT2D eigenvalue weighted by atomic mass is 16.6. The Hall–Kier alpha value is -1.38. The quantitative estimate of drug-likeness (QED) is 0.621. The minimum absolute atomic E-state index is 0.0366. The van der Waals surface area contributed by atoms with Crippen LogP contribution in [0.1, 0.15) is 33.6 Å². The average Bonchev–Trinajstić information content (AvgIpc) is 2.49. The summed E-state index contributed by atoms with van der Waals surface area (Å²) in [5, 5.41) is 2.85. The van der Waals surface area contributed by atoms with Gasteiger partial charge in [-0.15, -0.1) is 0 Å². The summed E-state index contributed by atoms with van der Waals surface area (Å²) < 4.78 is 15.7. The van der Waals surface area contributed by atoms with Crippen molar-refractivity contribution in [1.82, 2.24) is 10.2 Å². The maximum absolute atomic E-state index is 12.0. The van der Waals surface area contributed by atoms with Crippen LogP contribution in [0.3, 0.4) is 0 Å². The Morgan fingerprint density at radius 1 is 1.12 bits per heavy atom. The molecule has 24 heavy (non-hydrogen) atoms. The number of piperidine rings is 1. The number of alkyl carbamates (subject to hydrolysis) is 1. The van der Waals surface area contributed by atoms with Gasteiger partial charge in [-0.05, 0) is 33.6 Å². The van der Waals surface area contributed by atoms with Crippen LogP contribution in [0, 0.1) is 0 Å². The van der Waals surface area contributed by atoms with E-state index < -0.39 is 11.7 Å². The Morgan fingerprint density at radius 2 is 1.75 bits per heavy atom. The molecule has 0 aromatic rings. The van der Waals surface area contributed by atoms with Crippen LogP contribution in [0.25, 0.3) is 0 Å². The molecule has 0 saturated carbocycles. The molecular formula is C16H31N3O5. The molecule has 0 bridgehead atoms. The molecule has 1 aliphatic rings. The Morgan fingerprint density at radius 3 is 2.33 bits per heavy atom. The lowest BCUT2D eigenvalue weighted by molar-refractivity contribution is -0.137. The maximum atomic E-state index is 12.0. The predicted octanol–water partition coefficient (Wildman–Crippen LogP) is 0.494. The molecule has 0 unspecified atom stereocenters. The minimum atomic E-state index is -0.508. The fourth-order valence-corrected chi connectivity index (χ4v) is 2.30. The highest BCUT2D eigenvalue weighted by molar-refractivity contribution is 5.77. The van der Waals surface area contributed by atoms with Crippen LogP contribution in [0.2, 0.25) is 0 Å². The van der Waals surface area contributed by atoms with Crippen LogP contribution in [0.4, 0.5) is 4.79 Å². The summed E-state index contributed by atoms with van der Waals surface area (Å²) in [5.41, 5.74) is 4.79. The van der Waals surface area contributed by atoms with Gasteiger partial charge >= 0.3 is 6.09 Å². The number of nitrogens with two attached hydrogens (primary N) is 1. The molecule has 8 nitrogen and oxygen atoms in total. The van der Waals surface area contributed by atoms with Gasteiger partial charge in [-0.25, -0.2) is 4.79 Å². The van der Waals surface area contributed by atoms with Crippen molar-refractivity contribution in [2.45, 2.75) is 45.3 Å². The zero-order valence-corrected chi connectivity index (χ0v) is 15.0. The van der Waals surface area contributed by atoms with E-state index in [1.807, 2.05) is 20.8 Å². The molecular weight excluding hydrogens is 314 g/mol. The summed E-state index contributed by atoms with van der Waals surface area (Å²) in [4.78, 5) is 25.5. The Bertz CT molecular complexity index is 390. The molecule has 1 rings (SSSR count). The molecule has 140 valence electrons. The van der Waals surface area contributed by atoms with Gasteiger partial charge in [-0.1, -0.05) is 0 Å². The predicted molar refractivity (Wildman–Crippen MR) is 89.7 cm³/mol. The van der Waals surface area contributed by atoms with E-state index in [-0.39, 0.29) is 18.6 Å². The smallest absolute Gasteiger partial charge is 0.407 e. The minimum Gasteiger partial charge on any atom is -0.444 e. The van der Waals surface area contributed by atoms with Gasteiger partial charge in [0.25, 0.3) is 0 Å². The summed E-state index contributed by atoms with van der Waals surface area (Å²) in [7, 11) is 0. The third-order valence-corrected chi connectivity index (χ3v) is 3.43. The van der Waals surface area contributed by atoms with Crippen molar-refractivity contribution in [2.24, 2.45) is 5.73 Å². The van der Waals surface area contributed by atoms with E-state index >= 15 is 0 Å². The third kappa shape index (κ3) is 9.05. The third-order valence-electron chi connectivity index (χ3n) is 3.43. The molecule has 0 aromatic carbocycles. The number of nitrogens with zero attached hydrogens (tertiary/aromatic N) is 1.